The molecule has 1 N–H and O–H groups in total. The molecule has 1 aliphatic rings. The lowest BCUT2D eigenvalue weighted by molar-refractivity contribution is 0.0296. The Morgan fingerprint density at radius 2 is 1.96 bits per heavy atom. The quantitative estimate of drug-likeness (QED) is 0.782. The summed E-state index contributed by atoms with van der Waals surface area (Å²) >= 11 is 0. The SMILES string of the molecule is Cc1ccc(-c2nc(O[C@@H]3CCN(C)C[C@@H]3F)c3c(C)[nH]nc3n2)cc1. The van der Waals surface area contributed by atoms with Gasteiger partial charge in [0.2, 0.25) is 5.88 Å². The molecule has 0 bridgehead atoms. The highest BCUT2D eigenvalue weighted by Gasteiger charge is 2.30. The molecule has 0 spiro atoms. The standard InChI is InChI=1S/C19H22FN5O/c1-11-4-6-13(7-5-11)17-21-18-16(12(2)23-24-18)19(22-17)26-15-8-9-25(3)10-14(15)20/h4-7,14-15H,8-10H2,1-3H3,(H,21,22,23,24)/t14-,15+/m0/s1. The average molecular weight is 355 g/mol. The number of H-pyrrole nitrogens is 1. The molecule has 26 heavy (non-hydrogen) atoms. The normalized spacial score (nSPS) is 21.2. The Bertz CT molecular complexity index is 924. The minimum Gasteiger partial charge on any atom is -0.471 e. The first-order valence-electron chi connectivity index (χ1n) is 8.80. The summed E-state index contributed by atoms with van der Waals surface area (Å²) in [4.78, 5) is 11.1. The topological polar surface area (TPSA) is 66.9 Å². The molecule has 3 aromatic rings. The number of fused-ring (bicyclic) bond motifs is 1. The maximum atomic E-state index is 14.4. The Labute approximate surface area is 151 Å². The Morgan fingerprint density at radius 3 is 2.69 bits per heavy atom. The third kappa shape index (κ3) is 3.14. The van der Waals surface area contributed by atoms with Crippen molar-refractivity contribution in [3.8, 4) is 17.3 Å². The lowest BCUT2D eigenvalue weighted by Crippen LogP contribution is -2.45. The maximum absolute atomic E-state index is 14.4. The number of rotatable bonds is 3. The van der Waals surface area contributed by atoms with E-state index >= 15 is 0 Å². The molecular weight excluding hydrogens is 333 g/mol. The van der Waals surface area contributed by atoms with E-state index in [1.54, 1.807) is 0 Å². The number of nitrogens with zero attached hydrogens (tertiary/aromatic N) is 4. The van der Waals surface area contributed by atoms with Gasteiger partial charge < -0.3 is 9.64 Å². The number of halogens is 1. The predicted octanol–water partition coefficient (Wildman–Crippen LogP) is 3.06. The van der Waals surface area contributed by atoms with Gasteiger partial charge in [-0.1, -0.05) is 29.8 Å². The van der Waals surface area contributed by atoms with Crippen LogP contribution in [0.5, 0.6) is 5.88 Å². The number of piperidine rings is 1. The highest BCUT2D eigenvalue weighted by atomic mass is 19.1. The van der Waals surface area contributed by atoms with E-state index < -0.39 is 12.3 Å². The molecule has 3 heterocycles. The molecule has 0 unspecified atom stereocenters. The maximum Gasteiger partial charge on any atom is 0.229 e. The van der Waals surface area contributed by atoms with Gasteiger partial charge in [0.1, 0.15) is 17.7 Å². The first kappa shape index (κ1) is 16.9. The van der Waals surface area contributed by atoms with Crippen LogP contribution in [0.2, 0.25) is 0 Å². The van der Waals surface area contributed by atoms with Crippen molar-refractivity contribution >= 4 is 11.0 Å². The third-order valence-electron chi connectivity index (χ3n) is 4.82. The van der Waals surface area contributed by atoms with Crippen molar-refractivity contribution in [1.82, 2.24) is 25.1 Å². The molecule has 1 aliphatic heterocycles. The van der Waals surface area contributed by atoms with Crippen LogP contribution in [0, 0.1) is 13.8 Å². The van der Waals surface area contributed by atoms with E-state index in [1.165, 1.54) is 0 Å². The van der Waals surface area contributed by atoms with Crippen molar-refractivity contribution < 1.29 is 9.13 Å². The van der Waals surface area contributed by atoms with Crippen molar-refractivity contribution in [2.24, 2.45) is 0 Å². The minimum atomic E-state index is -1.05. The van der Waals surface area contributed by atoms with Crippen LogP contribution >= 0.6 is 0 Å². The molecule has 0 amide bonds. The molecule has 0 saturated carbocycles. The summed E-state index contributed by atoms with van der Waals surface area (Å²) in [5.74, 6) is 0.927. The summed E-state index contributed by atoms with van der Waals surface area (Å²) < 4.78 is 20.5. The zero-order valence-electron chi connectivity index (χ0n) is 15.2. The summed E-state index contributed by atoms with van der Waals surface area (Å²) in [6.45, 7) is 5.09. The van der Waals surface area contributed by atoms with Gasteiger partial charge in [0, 0.05) is 24.3 Å². The molecule has 0 aliphatic carbocycles. The number of nitrogens with one attached hydrogen (secondary N) is 1. The fourth-order valence-corrected chi connectivity index (χ4v) is 3.26. The molecule has 0 radical (unpaired) electrons. The van der Waals surface area contributed by atoms with Gasteiger partial charge >= 0.3 is 0 Å². The summed E-state index contributed by atoms with van der Waals surface area (Å²) in [7, 11) is 1.92. The molecule has 1 aromatic carbocycles. The van der Waals surface area contributed by atoms with Gasteiger partial charge in [-0.25, -0.2) is 9.37 Å². The molecule has 1 fully saturated rings. The van der Waals surface area contributed by atoms with Crippen molar-refractivity contribution in [3.05, 3.63) is 35.5 Å². The second kappa shape index (κ2) is 6.64. The van der Waals surface area contributed by atoms with Gasteiger partial charge in [-0.05, 0) is 27.3 Å². The number of alkyl halides is 1. The van der Waals surface area contributed by atoms with Crippen LogP contribution in [0.1, 0.15) is 17.7 Å². The molecular formula is C19H22FN5O. The van der Waals surface area contributed by atoms with E-state index in [9.17, 15) is 4.39 Å². The molecule has 7 heteroatoms. The number of aryl methyl sites for hydroxylation is 2. The van der Waals surface area contributed by atoms with Crippen molar-refractivity contribution in [1.29, 1.82) is 0 Å². The summed E-state index contributed by atoms with van der Waals surface area (Å²) in [6.07, 6.45) is -0.932. The lowest BCUT2D eigenvalue weighted by atomic mass is 10.1. The smallest absolute Gasteiger partial charge is 0.229 e. The lowest BCUT2D eigenvalue weighted by Gasteiger charge is -2.32. The number of likely N-dealkylation sites (tertiary alicyclic amines) is 1. The van der Waals surface area contributed by atoms with Gasteiger partial charge in [0.05, 0.1) is 0 Å². The van der Waals surface area contributed by atoms with Gasteiger partial charge in [0.15, 0.2) is 11.5 Å². The van der Waals surface area contributed by atoms with Gasteiger partial charge in [0.25, 0.3) is 0 Å². The number of benzene rings is 1. The Kier molecular flexibility index (Phi) is 4.32. The Hall–Kier alpha value is -2.54. The molecule has 1 saturated heterocycles. The van der Waals surface area contributed by atoms with Crippen LogP contribution in [0.15, 0.2) is 24.3 Å². The van der Waals surface area contributed by atoms with E-state index in [2.05, 4.69) is 20.2 Å². The number of hydrogen-bond donors (Lipinski definition) is 1. The molecule has 2 atom stereocenters. The van der Waals surface area contributed by atoms with Gasteiger partial charge in [-0.15, -0.1) is 0 Å². The van der Waals surface area contributed by atoms with Crippen LogP contribution in [-0.4, -0.2) is 57.5 Å². The predicted molar refractivity (Wildman–Crippen MR) is 98.0 cm³/mol. The minimum absolute atomic E-state index is 0.369. The first-order chi connectivity index (χ1) is 12.5. The van der Waals surface area contributed by atoms with Crippen molar-refractivity contribution in [2.75, 3.05) is 20.1 Å². The zero-order valence-corrected chi connectivity index (χ0v) is 15.2. The second-order valence-corrected chi connectivity index (χ2v) is 6.99. The van der Waals surface area contributed by atoms with Crippen LogP contribution < -0.4 is 4.74 Å². The van der Waals surface area contributed by atoms with Crippen LogP contribution in [0.25, 0.3) is 22.4 Å². The molecule has 4 rings (SSSR count). The highest BCUT2D eigenvalue weighted by molar-refractivity contribution is 5.84. The fourth-order valence-electron chi connectivity index (χ4n) is 3.26. The van der Waals surface area contributed by atoms with E-state index in [0.29, 0.717) is 35.7 Å². The van der Waals surface area contributed by atoms with Gasteiger partial charge in [-0.2, -0.15) is 10.1 Å². The first-order valence-corrected chi connectivity index (χ1v) is 8.80. The highest BCUT2D eigenvalue weighted by Crippen LogP contribution is 2.30. The molecule has 6 nitrogen and oxygen atoms in total. The summed E-state index contributed by atoms with van der Waals surface area (Å²) in [5.41, 5.74) is 3.39. The molecule has 136 valence electrons. The summed E-state index contributed by atoms with van der Waals surface area (Å²) in [6, 6.07) is 7.95. The van der Waals surface area contributed by atoms with E-state index in [0.717, 1.165) is 23.4 Å². The molecule has 2 aromatic heterocycles. The zero-order chi connectivity index (χ0) is 18.3. The largest absolute Gasteiger partial charge is 0.471 e. The van der Waals surface area contributed by atoms with E-state index in [-0.39, 0.29) is 0 Å². The third-order valence-corrected chi connectivity index (χ3v) is 4.82. The second-order valence-electron chi connectivity index (χ2n) is 6.99. The number of aromatic nitrogens is 4. The van der Waals surface area contributed by atoms with Crippen molar-refractivity contribution in [3.63, 3.8) is 0 Å². The number of ether oxygens (including phenoxy) is 1. The average Bonchev–Trinajstić information content (AvgIpc) is 2.99. The van der Waals surface area contributed by atoms with Crippen LogP contribution in [-0.2, 0) is 0 Å². The Morgan fingerprint density at radius 1 is 1.19 bits per heavy atom. The van der Waals surface area contributed by atoms with E-state index in [4.69, 9.17) is 4.74 Å². The number of aromatic amines is 1. The Balaban J connectivity index is 1.74. The van der Waals surface area contributed by atoms with Crippen LogP contribution in [0.4, 0.5) is 4.39 Å². The van der Waals surface area contributed by atoms with E-state index in [1.807, 2.05) is 50.1 Å². The summed E-state index contributed by atoms with van der Waals surface area (Å²) in [5, 5.41) is 7.89. The van der Waals surface area contributed by atoms with Crippen molar-refractivity contribution in [2.45, 2.75) is 32.5 Å². The fraction of sp³-hybridized carbons (Fsp3) is 0.421. The van der Waals surface area contributed by atoms with Crippen LogP contribution in [0.3, 0.4) is 0 Å². The van der Waals surface area contributed by atoms with Gasteiger partial charge in [-0.3, -0.25) is 5.10 Å². The monoisotopic (exact) mass is 355 g/mol. The number of hydrogen-bond acceptors (Lipinski definition) is 5.